The molecule has 0 heterocycles. The van der Waals surface area contributed by atoms with Gasteiger partial charge in [-0.3, -0.25) is 5.09 Å². The first-order chi connectivity index (χ1) is 4.83. The van der Waals surface area contributed by atoms with Gasteiger partial charge in [-0.1, -0.05) is 23.2 Å². The lowest BCUT2D eigenvalue weighted by Gasteiger charge is -2.33. The molecule has 0 aliphatic carbocycles. The molecule has 0 aromatic rings. The summed E-state index contributed by atoms with van der Waals surface area (Å²) >= 11 is 0. The summed E-state index contributed by atoms with van der Waals surface area (Å²) in [6, 6.07) is 0. The van der Waals surface area contributed by atoms with E-state index in [2.05, 4.69) is 42.2 Å². The van der Waals surface area contributed by atoms with E-state index in [9.17, 15) is 0 Å². The van der Waals surface area contributed by atoms with E-state index in [0.29, 0.717) is 0 Å². The van der Waals surface area contributed by atoms with Crippen LogP contribution < -0.4 is 5.09 Å². The van der Waals surface area contributed by atoms with E-state index in [0.717, 1.165) is 6.42 Å². The molecule has 0 aliphatic rings. The maximum absolute atomic E-state index is 9.02. The summed E-state index contributed by atoms with van der Waals surface area (Å²) in [4.78, 5) is 0. The number of hydrogen-bond acceptors (Lipinski definition) is 2. The van der Waals surface area contributed by atoms with Gasteiger partial charge in [0.05, 0.1) is 0 Å². The summed E-state index contributed by atoms with van der Waals surface area (Å²) in [6.45, 7) is 8.62. The van der Waals surface area contributed by atoms with Gasteiger partial charge in [0.2, 0.25) is 0 Å². The van der Waals surface area contributed by atoms with Crippen LogP contribution >= 0.6 is 9.39 Å². The van der Waals surface area contributed by atoms with Crippen LogP contribution in [0.1, 0.15) is 34.1 Å². The predicted molar refractivity (Wildman–Crippen MR) is 52.4 cm³/mol. The molecule has 0 saturated heterocycles. The van der Waals surface area contributed by atoms with Crippen LogP contribution in [0.5, 0.6) is 0 Å². The van der Waals surface area contributed by atoms with Crippen molar-refractivity contribution < 1.29 is 5.11 Å². The molecule has 1 unspecified atom stereocenters. The topological polar surface area (TPSA) is 32.3 Å². The standard InChI is InChI=1S/C8H20NOP/c1-7(2,6-10)5-8(3,4)9-11/h9-10H,5-6,11H2,1-4H3. The molecule has 1 atom stereocenters. The zero-order chi connectivity index (χ0) is 9.12. The Hall–Kier alpha value is 0.350. The van der Waals surface area contributed by atoms with Crippen molar-refractivity contribution in [1.82, 2.24) is 5.09 Å². The van der Waals surface area contributed by atoms with Gasteiger partial charge in [-0.2, -0.15) is 0 Å². The van der Waals surface area contributed by atoms with Gasteiger partial charge in [-0.15, -0.1) is 0 Å². The van der Waals surface area contributed by atoms with Crippen molar-refractivity contribution in [2.45, 2.75) is 39.7 Å². The minimum absolute atomic E-state index is 0.00701. The highest BCUT2D eigenvalue weighted by molar-refractivity contribution is 7.13. The van der Waals surface area contributed by atoms with Crippen molar-refractivity contribution in [2.75, 3.05) is 6.61 Å². The lowest BCUT2D eigenvalue weighted by atomic mass is 9.81. The van der Waals surface area contributed by atoms with E-state index >= 15 is 0 Å². The van der Waals surface area contributed by atoms with Gasteiger partial charge < -0.3 is 5.11 Å². The number of nitrogens with one attached hydrogen (secondary N) is 1. The maximum atomic E-state index is 9.02. The third kappa shape index (κ3) is 4.73. The van der Waals surface area contributed by atoms with Crippen LogP contribution in [0.15, 0.2) is 0 Å². The second-order valence-electron chi connectivity index (χ2n) is 4.53. The maximum Gasteiger partial charge on any atom is 0.0482 e. The first-order valence-corrected chi connectivity index (χ1v) is 4.49. The first-order valence-electron chi connectivity index (χ1n) is 3.92. The third-order valence-electron chi connectivity index (χ3n) is 1.74. The van der Waals surface area contributed by atoms with Gasteiger partial charge in [0.15, 0.2) is 0 Å². The van der Waals surface area contributed by atoms with Crippen molar-refractivity contribution in [2.24, 2.45) is 5.41 Å². The van der Waals surface area contributed by atoms with Crippen LogP contribution in [0.4, 0.5) is 0 Å². The number of aliphatic hydroxyl groups excluding tert-OH is 1. The SMILES string of the molecule is CC(C)(CO)CC(C)(C)NP. The minimum Gasteiger partial charge on any atom is -0.396 e. The van der Waals surface area contributed by atoms with Gasteiger partial charge in [0.1, 0.15) is 0 Å². The van der Waals surface area contributed by atoms with Crippen molar-refractivity contribution in [1.29, 1.82) is 0 Å². The highest BCUT2D eigenvalue weighted by Crippen LogP contribution is 2.27. The summed E-state index contributed by atoms with van der Waals surface area (Å²) in [5, 5.41) is 12.2. The molecule has 3 heteroatoms. The molecule has 0 fully saturated rings. The summed E-state index contributed by atoms with van der Waals surface area (Å²) in [6.07, 6.45) is 0.958. The average molecular weight is 177 g/mol. The number of aliphatic hydroxyl groups is 1. The average Bonchev–Trinajstić information content (AvgIpc) is 1.86. The molecule has 0 spiro atoms. The quantitative estimate of drug-likeness (QED) is 0.639. The first kappa shape index (κ1) is 11.4. The van der Waals surface area contributed by atoms with Crippen molar-refractivity contribution in [3.8, 4) is 0 Å². The van der Waals surface area contributed by atoms with E-state index in [1.54, 1.807) is 0 Å². The van der Waals surface area contributed by atoms with Crippen LogP contribution in [0.2, 0.25) is 0 Å². The van der Waals surface area contributed by atoms with E-state index < -0.39 is 0 Å². The molecule has 0 aromatic carbocycles. The molecular weight excluding hydrogens is 157 g/mol. The second kappa shape index (κ2) is 3.84. The molecule has 0 rings (SSSR count). The van der Waals surface area contributed by atoms with Crippen LogP contribution in [-0.4, -0.2) is 17.3 Å². The molecule has 2 N–H and O–H groups in total. The largest absolute Gasteiger partial charge is 0.396 e. The lowest BCUT2D eigenvalue weighted by molar-refractivity contribution is 0.125. The molecule has 68 valence electrons. The van der Waals surface area contributed by atoms with E-state index in [-0.39, 0.29) is 17.6 Å². The van der Waals surface area contributed by atoms with Crippen LogP contribution in [-0.2, 0) is 0 Å². The zero-order valence-corrected chi connectivity index (χ0v) is 9.09. The molecular formula is C8H20NOP. The Kier molecular flexibility index (Phi) is 3.96. The van der Waals surface area contributed by atoms with Crippen molar-refractivity contribution in [3.63, 3.8) is 0 Å². The van der Waals surface area contributed by atoms with Crippen LogP contribution in [0, 0.1) is 5.41 Å². The summed E-state index contributed by atoms with van der Waals surface area (Å²) in [7, 11) is 2.52. The predicted octanol–water partition coefficient (Wildman–Crippen LogP) is 1.55. The molecule has 2 nitrogen and oxygen atoms in total. The van der Waals surface area contributed by atoms with Gasteiger partial charge in [-0.25, -0.2) is 0 Å². The minimum atomic E-state index is 0.00701. The monoisotopic (exact) mass is 177 g/mol. The Morgan fingerprint density at radius 3 is 2.00 bits per heavy atom. The summed E-state index contributed by atoms with van der Waals surface area (Å²) in [5.41, 5.74) is 0.0873. The molecule has 0 aromatic heterocycles. The zero-order valence-electron chi connectivity index (χ0n) is 7.94. The lowest BCUT2D eigenvalue weighted by Crippen LogP contribution is -2.38. The highest BCUT2D eigenvalue weighted by atomic mass is 31.0. The fraction of sp³-hybridized carbons (Fsp3) is 1.00. The Balaban J connectivity index is 4.02. The Morgan fingerprint density at radius 2 is 1.73 bits per heavy atom. The van der Waals surface area contributed by atoms with E-state index in [1.807, 2.05) is 0 Å². The Bertz CT molecular complexity index is 109. The number of hydrogen-bond donors (Lipinski definition) is 2. The highest BCUT2D eigenvalue weighted by Gasteiger charge is 2.26. The smallest absolute Gasteiger partial charge is 0.0482 e. The van der Waals surface area contributed by atoms with Crippen LogP contribution in [0.25, 0.3) is 0 Å². The number of rotatable bonds is 4. The molecule has 0 saturated carbocycles. The molecule has 0 aliphatic heterocycles. The van der Waals surface area contributed by atoms with Gasteiger partial charge in [0, 0.05) is 12.1 Å². The van der Waals surface area contributed by atoms with Gasteiger partial charge in [0.25, 0.3) is 0 Å². The summed E-state index contributed by atoms with van der Waals surface area (Å²) in [5.74, 6) is 0. The second-order valence-corrected chi connectivity index (χ2v) is 4.82. The third-order valence-corrected chi connectivity index (χ3v) is 2.52. The Labute approximate surface area is 72.0 Å². The fourth-order valence-corrected chi connectivity index (χ4v) is 1.41. The summed E-state index contributed by atoms with van der Waals surface area (Å²) < 4.78 is 0. The van der Waals surface area contributed by atoms with Crippen molar-refractivity contribution in [3.05, 3.63) is 0 Å². The van der Waals surface area contributed by atoms with Crippen LogP contribution in [0.3, 0.4) is 0 Å². The molecule has 0 bridgehead atoms. The molecule has 11 heavy (non-hydrogen) atoms. The van der Waals surface area contributed by atoms with Gasteiger partial charge >= 0.3 is 0 Å². The van der Waals surface area contributed by atoms with Crippen molar-refractivity contribution >= 4 is 9.39 Å². The Morgan fingerprint density at radius 1 is 1.27 bits per heavy atom. The van der Waals surface area contributed by atoms with E-state index in [1.165, 1.54) is 0 Å². The molecule has 0 amide bonds. The fourth-order valence-electron chi connectivity index (χ4n) is 1.30. The van der Waals surface area contributed by atoms with E-state index in [4.69, 9.17) is 5.11 Å². The normalized spacial score (nSPS) is 13.6. The van der Waals surface area contributed by atoms with Gasteiger partial charge in [-0.05, 0) is 25.7 Å². The molecule has 0 radical (unpaired) electrons.